The molecule has 6 nitrogen and oxygen atoms in total. The normalized spacial score (nSPS) is 18.9. The predicted molar refractivity (Wildman–Crippen MR) is 143 cm³/mol. The van der Waals surface area contributed by atoms with E-state index in [4.69, 9.17) is 4.74 Å². The van der Waals surface area contributed by atoms with Gasteiger partial charge in [0.05, 0.1) is 6.04 Å². The molecule has 2 heterocycles. The van der Waals surface area contributed by atoms with Crippen LogP contribution in [0.3, 0.4) is 0 Å². The molecule has 2 aliphatic heterocycles. The van der Waals surface area contributed by atoms with Crippen molar-refractivity contribution < 1.29 is 18.7 Å². The number of nitrogens with zero attached hydrogens (tertiary/aromatic N) is 3. The molecule has 0 aliphatic carbocycles. The Hall–Kier alpha value is -3.19. The van der Waals surface area contributed by atoms with E-state index in [2.05, 4.69) is 11.5 Å². The number of carbonyl (C=O) groups excluding carboxylic acids is 2. The van der Waals surface area contributed by atoms with Gasteiger partial charge in [0, 0.05) is 45.7 Å². The first-order chi connectivity index (χ1) is 17.8. The lowest BCUT2D eigenvalue weighted by Gasteiger charge is -2.38. The van der Waals surface area contributed by atoms with Crippen LogP contribution in [-0.4, -0.2) is 71.9 Å². The standard InChI is InChI=1S/C30H38FN3O3/c1-5-13-32-15-17-33(18-16-32)30(36)22(4)37-26-11-8-23-12-14-34(28(35)19-21(2)3)29(27(23)20-26)24-6-9-25(31)10-7-24/h5-11,20-22,29H,1,12-19H2,2-4H3/t22-,29+/m0/s1. The fourth-order valence-electron chi connectivity index (χ4n) is 5.25. The first kappa shape index (κ1) is 26.9. The Morgan fingerprint density at radius 3 is 2.41 bits per heavy atom. The van der Waals surface area contributed by atoms with Crippen LogP contribution in [0.1, 0.15) is 49.9 Å². The van der Waals surface area contributed by atoms with E-state index in [0.717, 1.165) is 42.7 Å². The summed E-state index contributed by atoms with van der Waals surface area (Å²) in [6.07, 6.45) is 2.45. The molecule has 2 atom stereocenters. The smallest absolute Gasteiger partial charge is 0.263 e. The van der Waals surface area contributed by atoms with Crippen molar-refractivity contribution in [1.82, 2.24) is 14.7 Å². The zero-order valence-corrected chi connectivity index (χ0v) is 22.2. The van der Waals surface area contributed by atoms with Crippen molar-refractivity contribution in [3.8, 4) is 5.75 Å². The molecule has 0 saturated carbocycles. The fourth-order valence-corrected chi connectivity index (χ4v) is 5.25. The second-order valence-corrected chi connectivity index (χ2v) is 10.4. The van der Waals surface area contributed by atoms with E-state index in [1.807, 2.05) is 47.9 Å². The van der Waals surface area contributed by atoms with Crippen molar-refractivity contribution in [2.75, 3.05) is 39.3 Å². The van der Waals surface area contributed by atoms with Gasteiger partial charge in [-0.3, -0.25) is 14.5 Å². The molecule has 2 amide bonds. The van der Waals surface area contributed by atoms with E-state index in [1.54, 1.807) is 19.1 Å². The summed E-state index contributed by atoms with van der Waals surface area (Å²) < 4.78 is 19.9. The molecule has 0 radical (unpaired) electrons. The van der Waals surface area contributed by atoms with Gasteiger partial charge in [-0.15, -0.1) is 6.58 Å². The number of halogens is 1. The minimum Gasteiger partial charge on any atom is -0.481 e. The Bertz CT molecular complexity index is 1110. The SMILES string of the molecule is C=CCN1CCN(C(=O)[C@H](C)Oc2ccc3c(c2)[C@@H](c2ccc(F)cc2)N(C(=O)CC(C)C)CC3)CC1. The maximum absolute atomic E-state index is 13.7. The molecular formula is C30H38FN3O3. The van der Waals surface area contributed by atoms with Crippen LogP contribution in [0.4, 0.5) is 4.39 Å². The molecule has 37 heavy (non-hydrogen) atoms. The van der Waals surface area contributed by atoms with Gasteiger partial charge in [0.15, 0.2) is 6.10 Å². The summed E-state index contributed by atoms with van der Waals surface area (Å²) in [7, 11) is 0. The minimum atomic E-state index is -0.629. The second-order valence-electron chi connectivity index (χ2n) is 10.4. The maximum atomic E-state index is 13.7. The van der Waals surface area contributed by atoms with Crippen molar-refractivity contribution in [3.05, 3.63) is 77.6 Å². The van der Waals surface area contributed by atoms with E-state index in [0.29, 0.717) is 31.8 Å². The largest absolute Gasteiger partial charge is 0.481 e. The lowest BCUT2D eigenvalue weighted by molar-refractivity contribution is -0.139. The molecule has 198 valence electrons. The van der Waals surface area contributed by atoms with Crippen LogP contribution in [0.25, 0.3) is 0 Å². The summed E-state index contributed by atoms with van der Waals surface area (Å²) in [6.45, 7) is 14.1. The molecule has 7 heteroatoms. The number of fused-ring (bicyclic) bond motifs is 1. The number of hydrogen-bond donors (Lipinski definition) is 0. The van der Waals surface area contributed by atoms with Gasteiger partial charge in [0.2, 0.25) is 5.91 Å². The Balaban J connectivity index is 1.55. The number of benzene rings is 2. The summed E-state index contributed by atoms with van der Waals surface area (Å²) in [4.78, 5) is 32.3. The average molecular weight is 508 g/mol. The highest BCUT2D eigenvalue weighted by atomic mass is 19.1. The lowest BCUT2D eigenvalue weighted by Crippen LogP contribution is -2.51. The van der Waals surface area contributed by atoms with E-state index < -0.39 is 6.10 Å². The Morgan fingerprint density at radius 1 is 1.05 bits per heavy atom. The number of amides is 2. The summed E-state index contributed by atoms with van der Waals surface area (Å²) >= 11 is 0. The van der Waals surface area contributed by atoms with Crippen LogP contribution in [0.5, 0.6) is 5.75 Å². The quantitative estimate of drug-likeness (QED) is 0.496. The van der Waals surface area contributed by atoms with Crippen molar-refractivity contribution in [3.63, 3.8) is 0 Å². The third-order valence-electron chi connectivity index (χ3n) is 7.17. The minimum absolute atomic E-state index is 0.0280. The van der Waals surface area contributed by atoms with Crippen LogP contribution >= 0.6 is 0 Å². The molecule has 0 aromatic heterocycles. The Morgan fingerprint density at radius 2 is 1.76 bits per heavy atom. The van der Waals surface area contributed by atoms with E-state index in [-0.39, 0.29) is 29.6 Å². The van der Waals surface area contributed by atoms with Crippen LogP contribution in [0.15, 0.2) is 55.1 Å². The highest BCUT2D eigenvalue weighted by Gasteiger charge is 2.33. The molecule has 0 bridgehead atoms. The highest BCUT2D eigenvalue weighted by Crippen LogP contribution is 2.38. The Kier molecular flexibility index (Phi) is 8.64. The van der Waals surface area contributed by atoms with Gasteiger partial charge in [-0.2, -0.15) is 0 Å². The van der Waals surface area contributed by atoms with Gasteiger partial charge >= 0.3 is 0 Å². The molecule has 4 rings (SSSR count). The fraction of sp³-hybridized carbons (Fsp3) is 0.467. The van der Waals surface area contributed by atoms with Gasteiger partial charge in [-0.25, -0.2) is 4.39 Å². The number of piperazine rings is 1. The van der Waals surface area contributed by atoms with E-state index in [1.165, 1.54) is 12.1 Å². The molecule has 0 N–H and O–H groups in total. The summed E-state index contributed by atoms with van der Waals surface area (Å²) in [5.74, 6) is 0.577. The predicted octanol–water partition coefficient (Wildman–Crippen LogP) is 4.44. The monoisotopic (exact) mass is 507 g/mol. The topological polar surface area (TPSA) is 53.1 Å². The number of hydrogen-bond acceptors (Lipinski definition) is 4. The molecule has 0 unspecified atom stereocenters. The first-order valence-electron chi connectivity index (χ1n) is 13.2. The average Bonchev–Trinajstić information content (AvgIpc) is 2.88. The molecule has 0 spiro atoms. The van der Waals surface area contributed by atoms with Crippen molar-refractivity contribution in [2.24, 2.45) is 5.92 Å². The van der Waals surface area contributed by atoms with Crippen LogP contribution in [-0.2, 0) is 16.0 Å². The lowest BCUT2D eigenvalue weighted by atomic mass is 9.87. The molecule has 2 aromatic rings. The van der Waals surface area contributed by atoms with E-state index >= 15 is 0 Å². The summed E-state index contributed by atoms with van der Waals surface area (Å²) in [6, 6.07) is 11.9. The maximum Gasteiger partial charge on any atom is 0.263 e. The van der Waals surface area contributed by atoms with Crippen molar-refractivity contribution in [2.45, 2.75) is 45.8 Å². The van der Waals surface area contributed by atoms with Crippen molar-refractivity contribution >= 4 is 11.8 Å². The van der Waals surface area contributed by atoms with Crippen molar-refractivity contribution in [1.29, 1.82) is 0 Å². The molecule has 2 aromatic carbocycles. The molecule has 1 saturated heterocycles. The third-order valence-corrected chi connectivity index (χ3v) is 7.17. The number of rotatable bonds is 8. The Labute approximate surface area is 219 Å². The number of ether oxygens (including phenoxy) is 1. The first-order valence-corrected chi connectivity index (χ1v) is 13.2. The van der Waals surface area contributed by atoms with E-state index in [9.17, 15) is 14.0 Å². The zero-order valence-electron chi connectivity index (χ0n) is 22.2. The number of carbonyl (C=O) groups is 2. The summed E-state index contributed by atoms with van der Waals surface area (Å²) in [5, 5.41) is 0. The van der Waals surface area contributed by atoms with Gasteiger partial charge in [0.25, 0.3) is 5.91 Å². The highest BCUT2D eigenvalue weighted by molar-refractivity contribution is 5.81. The van der Waals surface area contributed by atoms with Crippen LogP contribution in [0, 0.1) is 11.7 Å². The zero-order chi connectivity index (χ0) is 26.5. The van der Waals surface area contributed by atoms with Crippen LogP contribution in [0.2, 0.25) is 0 Å². The van der Waals surface area contributed by atoms with Gasteiger partial charge in [0.1, 0.15) is 11.6 Å². The molecule has 1 fully saturated rings. The third kappa shape index (κ3) is 6.39. The van der Waals surface area contributed by atoms with Gasteiger partial charge in [-0.1, -0.05) is 38.1 Å². The van der Waals surface area contributed by atoms with Gasteiger partial charge in [-0.05, 0) is 60.2 Å². The summed E-state index contributed by atoms with van der Waals surface area (Å²) in [5.41, 5.74) is 2.95. The second kappa shape index (κ2) is 11.9. The molecule has 2 aliphatic rings. The van der Waals surface area contributed by atoms with Gasteiger partial charge < -0.3 is 14.5 Å². The van der Waals surface area contributed by atoms with Crippen LogP contribution < -0.4 is 4.74 Å². The molecular weight excluding hydrogens is 469 g/mol.